The summed E-state index contributed by atoms with van der Waals surface area (Å²) in [5.74, 6) is 0.472. The van der Waals surface area contributed by atoms with E-state index in [1.165, 1.54) is 24.0 Å². The van der Waals surface area contributed by atoms with Gasteiger partial charge in [-0.2, -0.15) is 0 Å². The molecular weight excluding hydrogens is 138 g/mol. The SMILES string of the molecule is Cn1cc2c(c1O)CCCC2. The molecule has 0 aromatic carbocycles. The second-order valence-electron chi connectivity index (χ2n) is 3.27. The summed E-state index contributed by atoms with van der Waals surface area (Å²) in [5.41, 5.74) is 2.52. The summed E-state index contributed by atoms with van der Waals surface area (Å²) < 4.78 is 1.82. The quantitative estimate of drug-likeness (QED) is 0.598. The number of aromatic hydroxyl groups is 1. The van der Waals surface area contributed by atoms with Gasteiger partial charge in [0, 0.05) is 18.8 Å². The summed E-state index contributed by atoms with van der Waals surface area (Å²) in [4.78, 5) is 0. The van der Waals surface area contributed by atoms with Gasteiger partial charge in [0.25, 0.3) is 0 Å². The lowest BCUT2D eigenvalue weighted by molar-refractivity contribution is 0.424. The van der Waals surface area contributed by atoms with Gasteiger partial charge in [0.2, 0.25) is 0 Å². The fraction of sp³-hybridized carbons (Fsp3) is 0.556. The number of aryl methyl sites for hydroxylation is 2. The van der Waals surface area contributed by atoms with Crippen molar-refractivity contribution in [3.05, 3.63) is 17.3 Å². The molecule has 60 valence electrons. The van der Waals surface area contributed by atoms with E-state index in [9.17, 15) is 5.11 Å². The average molecular weight is 151 g/mol. The maximum absolute atomic E-state index is 9.55. The summed E-state index contributed by atoms with van der Waals surface area (Å²) in [6, 6.07) is 0. The predicted molar refractivity (Wildman–Crippen MR) is 43.7 cm³/mol. The largest absolute Gasteiger partial charge is 0.494 e. The van der Waals surface area contributed by atoms with E-state index in [1.54, 1.807) is 0 Å². The van der Waals surface area contributed by atoms with Crippen LogP contribution in [-0.4, -0.2) is 9.67 Å². The molecule has 0 radical (unpaired) electrons. The summed E-state index contributed by atoms with van der Waals surface area (Å²) in [6.45, 7) is 0. The van der Waals surface area contributed by atoms with E-state index < -0.39 is 0 Å². The Labute approximate surface area is 66.5 Å². The number of hydrogen-bond donors (Lipinski definition) is 1. The molecule has 1 aliphatic carbocycles. The Hall–Kier alpha value is -0.920. The molecule has 1 heterocycles. The Balaban J connectivity index is 2.50. The molecule has 0 saturated carbocycles. The van der Waals surface area contributed by atoms with Gasteiger partial charge in [-0.1, -0.05) is 0 Å². The van der Waals surface area contributed by atoms with Gasteiger partial charge in [-0.25, -0.2) is 0 Å². The third-order valence-corrected chi connectivity index (χ3v) is 2.46. The Morgan fingerprint density at radius 2 is 2.09 bits per heavy atom. The zero-order valence-electron chi connectivity index (χ0n) is 6.80. The molecule has 0 bridgehead atoms. The van der Waals surface area contributed by atoms with Crippen LogP contribution in [0.25, 0.3) is 0 Å². The molecule has 0 aliphatic heterocycles. The summed E-state index contributed by atoms with van der Waals surface area (Å²) in [5, 5.41) is 9.55. The van der Waals surface area contributed by atoms with Crippen molar-refractivity contribution in [1.29, 1.82) is 0 Å². The number of rotatable bonds is 0. The fourth-order valence-electron chi connectivity index (χ4n) is 1.83. The second kappa shape index (κ2) is 2.29. The highest BCUT2D eigenvalue weighted by Gasteiger charge is 2.15. The van der Waals surface area contributed by atoms with Crippen LogP contribution in [-0.2, 0) is 19.9 Å². The lowest BCUT2D eigenvalue weighted by Gasteiger charge is -2.09. The van der Waals surface area contributed by atoms with Gasteiger partial charge < -0.3 is 9.67 Å². The Bertz CT molecular complexity index is 275. The molecule has 1 aromatic heterocycles. The van der Waals surface area contributed by atoms with Crippen LogP contribution in [0.5, 0.6) is 5.88 Å². The highest BCUT2D eigenvalue weighted by Crippen LogP contribution is 2.29. The van der Waals surface area contributed by atoms with Crippen LogP contribution >= 0.6 is 0 Å². The zero-order chi connectivity index (χ0) is 7.84. The van der Waals surface area contributed by atoms with Crippen LogP contribution in [0.15, 0.2) is 6.20 Å². The summed E-state index contributed by atoms with van der Waals surface area (Å²) >= 11 is 0. The van der Waals surface area contributed by atoms with Crippen molar-refractivity contribution >= 4 is 0 Å². The smallest absolute Gasteiger partial charge is 0.194 e. The molecule has 2 heteroatoms. The molecule has 0 atom stereocenters. The number of fused-ring (bicyclic) bond motifs is 1. The molecule has 0 spiro atoms. The molecule has 1 aromatic rings. The van der Waals surface area contributed by atoms with Crippen molar-refractivity contribution in [3.63, 3.8) is 0 Å². The van der Waals surface area contributed by atoms with Gasteiger partial charge >= 0.3 is 0 Å². The molecular formula is C9H13NO. The van der Waals surface area contributed by atoms with Gasteiger partial charge in [-0.3, -0.25) is 0 Å². The second-order valence-corrected chi connectivity index (χ2v) is 3.27. The summed E-state index contributed by atoms with van der Waals surface area (Å²) in [6.07, 6.45) is 6.75. The number of hydrogen-bond acceptors (Lipinski definition) is 1. The van der Waals surface area contributed by atoms with Gasteiger partial charge in [-0.05, 0) is 31.2 Å². The lowest BCUT2D eigenvalue weighted by Crippen LogP contribution is -1.98. The minimum Gasteiger partial charge on any atom is -0.494 e. The van der Waals surface area contributed by atoms with Crippen molar-refractivity contribution in [2.75, 3.05) is 0 Å². The van der Waals surface area contributed by atoms with Crippen LogP contribution < -0.4 is 0 Å². The van der Waals surface area contributed by atoms with Crippen LogP contribution in [0.1, 0.15) is 24.0 Å². The molecule has 0 amide bonds. The molecule has 11 heavy (non-hydrogen) atoms. The molecule has 0 saturated heterocycles. The van der Waals surface area contributed by atoms with Crippen LogP contribution in [0.4, 0.5) is 0 Å². The van der Waals surface area contributed by atoms with E-state index >= 15 is 0 Å². The summed E-state index contributed by atoms with van der Waals surface area (Å²) in [7, 11) is 1.90. The minimum atomic E-state index is 0.472. The van der Waals surface area contributed by atoms with E-state index in [0.29, 0.717) is 5.88 Å². The molecule has 1 N–H and O–H groups in total. The molecule has 2 nitrogen and oxygen atoms in total. The van der Waals surface area contributed by atoms with Gasteiger partial charge in [0.15, 0.2) is 5.88 Å². The number of nitrogens with zero attached hydrogens (tertiary/aromatic N) is 1. The van der Waals surface area contributed by atoms with E-state index in [-0.39, 0.29) is 0 Å². The standard InChI is InChI=1S/C9H13NO/c1-10-6-7-4-2-3-5-8(7)9(10)11/h6,11H,2-5H2,1H3. The first-order chi connectivity index (χ1) is 5.29. The van der Waals surface area contributed by atoms with Crippen molar-refractivity contribution in [2.45, 2.75) is 25.7 Å². The Morgan fingerprint density at radius 3 is 2.82 bits per heavy atom. The van der Waals surface area contributed by atoms with Gasteiger partial charge in [0.05, 0.1) is 0 Å². The van der Waals surface area contributed by atoms with Crippen LogP contribution in [0.2, 0.25) is 0 Å². The van der Waals surface area contributed by atoms with Crippen molar-refractivity contribution < 1.29 is 5.11 Å². The first kappa shape index (κ1) is 6.77. The van der Waals surface area contributed by atoms with E-state index in [4.69, 9.17) is 0 Å². The van der Waals surface area contributed by atoms with E-state index in [0.717, 1.165) is 12.8 Å². The highest BCUT2D eigenvalue weighted by molar-refractivity contribution is 5.37. The maximum atomic E-state index is 9.55. The normalized spacial score (nSPS) is 16.5. The zero-order valence-corrected chi connectivity index (χ0v) is 6.80. The monoisotopic (exact) mass is 151 g/mol. The Morgan fingerprint density at radius 1 is 1.36 bits per heavy atom. The van der Waals surface area contributed by atoms with Crippen LogP contribution in [0.3, 0.4) is 0 Å². The van der Waals surface area contributed by atoms with Gasteiger partial charge in [0.1, 0.15) is 0 Å². The van der Waals surface area contributed by atoms with E-state index in [2.05, 4.69) is 0 Å². The first-order valence-corrected chi connectivity index (χ1v) is 4.15. The third kappa shape index (κ3) is 0.934. The minimum absolute atomic E-state index is 0.472. The average Bonchev–Trinajstić information content (AvgIpc) is 2.30. The third-order valence-electron chi connectivity index (χ3n) is 2.46. The fourth-order valence-corrected chi connectivity index (χ4v) is 1.83. The molecule has 1 aliphatic rings. The lowest BCUT2D eigenvalue weighted by atomic mass is 9.96. The van der Waals surface area contributed by atoms with Crippen LogP contribution in [0, 0.1) is 0 Å². The molecule has 2 rings (SSSR count). The van der Waals surface area contributed by atoms with Crippen molar-refractivity contribution in [3.8, 4) is 5.88 Å². The van der Waals surface area contributed by atoms with Gasteiger partial charge in [-0.15, -0.1) is 0 Å². The number of aromatic nitrogens is 1. The Kier molecular flexibility index (Phi) is 1.41. The predicted octanol–water partition coefficient (Wildman–Crippen LogP) is 1.61. The van der Waals surface area contributed by atoms with Crippen molar-refractivity contribution in [1.82, 2.24) is 4.57 Å². The molecule has 0 fully saturated rings. The first-order valence-electron chi connectivity index (χ1n) is 4.15. The topological polar surface area (TPSA) is 25.2 Å². The highest BCUT2D eigenvalue weighted by atomic mass is 16.3. The maximum Gasteiger partial charge on any atom is 0.194 e. The molecule has 0 unspecified atom stereocenters. The van der Waals surface area contributed by atoms with Crippen molar-refractivity contribution in [2.24, 2.45) is 7.05 Å². The van der Waals surface area contributed by atoms with E-state index in [1.807, 2.05) is 17.8 Å².